The fourth-order valence-corrected chi connectivity index (χ4v) is 2.34. The van der Waals surface area contributed by atoms with Gasteiger partial charge >= 0.3 is 5.97 Å². The SMILES string of the molecule is CCOC(=O)c1nnn(-c2cccc(Cl)c2)c1C(OCC)OCC. The first-order valence-corrected chi connectivity index (χ1v) is 8.11. The molecular formula is C16H20ClN3O4. The Hall–Kier alpha value is -1.96. The number of halogens is 1. The molecule has 0 radical (unpaired) electrons. The van der Waals surface area contributed by atoms with E-state index in [-0.39, 0.29) is 12.3 Å². The molecule has 2 rings (SSSR count). The quantitative estimate of drug-likeness (QED) is 0.536. The van der Waals surface area contributed by atoms with E-state index in [1.54, 1.807) is 31.2 Å². The highest BCUT2D eigenvalue weighted by Gasteiger charge is 2.29. The van der Waals surface area contributed by atoms with Crippen molar-refractivity contribution < 1.29 is 19.0 Å². The summed E-state index contributed by atoms with van der Waals surface area (Å²) in [4.78, 5) is 12.2. The number of esters is 1. The van der Waals surface area contributed by atoms with Gasteiger partial charge in [-0.05, 0) is 39.0 Å². The van der Waals surface area contributed by atoms with Gasteiger partial charge in [-0.25, -0.2) is 9.48 Å². The number of rotatable bonds is 8. The van der Waals surface area contributed by atoms with Crippen molar-refractivity contribution in [2.75, 3.05) is 19.8 Å². The van der Waals surface area contributed by atoms with Gasteiger partial charge in [-0.1, -0.05) is 22.9 Å². The minimum Gasteiger partial charge on any atom is -0.461 e. The van der Waals surface area contributed by atoms with Crippen LogP contribution in [0.5, 0.6) is 0 Å². The third-order valence-corrected chi connectivity index (χ3v) is 3.32. The molecule has 0 aliphatic carbocycles. The third-order valence-electron chi connectivity index (χ3n) is 3.09. The molecule has 1 aromatic heterocycles. The highest BCUT2D eigenvalue weighted by atomic mass is 35.5. The van der Waals surface area contributed by atoms with Crippen molar-refractivity contribution in [3.63, 3.8) is 0 Å². The van der Waals surface area contributed by atoms with Gasteiger partial charge in [-0.2, -0.15) is 0 Å². The maximum absolute atomic E-state index is 12.2. The second kappa shape index (κ2) is 8.77. The zero-order chi connectivity index (χ0) is 17.5. The number of nitrogens with zero attached hydrogens (tertiary/aromatic N) is 3. The minimum absolute atomic E-state index is 0.0590. The highest BCUT2D eigenvalue weighted by molar-refractivity contribution is 6.30. The molecule has 0 N–H and O–H groups in total. The Morgan fingerprint density at radius 2 is 1.92 bits per heavy atom. The molecule has 0 spiro atoms. The summed E-state index contributed by atoms with van der Waals surface area (Å²) < 4.78 is 17.8. The molecule has 7 nitrogen and oxygen atoms in total. The molecule has 0 saturated carbocycles. The number of carbonyl (C=O) groups is 1. The topological polar surface area (TPSA) is 75.5 Å². The Morgan fingerprint density at radius 3 is 2.50 bits per heavy atom. The van der Waals surface area contributed by atoms with Crippen LogP contribution in [0.25, 0.3) is 5.69 Å². The average Bonchev–Trinajstić information content (AvgIpc) is 3.00. The number of benzene rings is 1. The monoisotopic (exact) mass is 353 g/mol. The zero-order valence-electron chi connectivity index (χ0n) is 13.9. The van der Waals surface area contributed by atoms with Gasteiger partial charge in [0.2, 0.25) is 6.29 Å². The van der Waals surface area contributed by atoms with E-state index in [0.717, 1.165) is 0 Å². The van der Waals surface area contributed by atoms with Gasteiger partial charge in [0.15, 0.2) is 5.69 Å². The Balaban J connectivity index is 2.56. The molecule has 8 heteroatoms. The van der Waals surface area contributed by atoms with Crippen LogP contribution in [-0.2, 0) is 14.2 Å². The maximum atomic E-state index is 12.2. The molecule has 0 fully saturated rings. The molecule has 0 unspecified atom stereocenters. The zero-order valence-corrected chi connectivity index (χ0v) is 14.6. The van der Waals surface area contributed by atoms with E-state index >= 15 is 0 Å². The number of ether oxygens (including phenoxy) is 3. The van der Waals surface area contributed by atoms with Gasteiger partial charge in [0.05, 0.1) is 12.3 Å². The van der Waals surface area contributed by atoms with Gasteiger partial charge in [-0.3, -0.25) is 0 Å². The highest BCUT2D eigenvalue weighted by Crippen LogP contribution is 2.26. The predicted molar refractivity (Wildman–Crippen MR) is 88.3 cm³/mol. The first kappa shape index (κ1) is 18.4. The van der Waals surface area contributed by atoms with Crippen molar-refractivity contribution in [3.05, 3.63) is 40.7 Å². The van der Waals surface area contributed by atoms with Crippen LogP contribution in [-0.4, -0.2) is 40.8 Å². The summed E-state index contributed by atoms with van der Waals surface area (Å²) in [5.74, 6) is -0.579. The van der Waals surface area contributed by atoms with E-state index in [0.29, 0.717) is 29.6 Å². The molecule has 2 aromatic rings. The predicted octanol–water partition coefficient (Wildman–Crippen LogP) is 3.17. The standard InChI is InChI=1S/C16H20ClN3O4/c1-4-22-15(21)13-14(16(23-5-2)24-6-3)20(19-18-13)12-9-7-8-11(17)10-12/h7-10,16H,4-6H2,1-3H3. The summed E-state index contributed by atoms with van der Waals surface area (Å²) in [6.45, 7) is 6.42. The van der Waals surface area contributed by atoms with E-state index < -0.39 is 12.3 Å². The minimum atomic E-state index is -0.798. The Bertz CT molecular complexity index is 684. The molecule has 1 aromatic carbocycles. The first-order valence-electron chi connectivity index (χ1n) is 7.74. The summed E-state index contributed by atoms with van der Waals surface area (Å²) in [5.41, 5.74) is 1.08. The lowest BCUT2D eigenvalue weighted by atomic mass is 10.2. The van der Waals surface area contributed by atoms with Gasteiger partial charge in [-0.15, -0.1) is 5.10 Å². The lowest BCUT2D eigenvalue weighted by Crippen LogP contribution is -2.18. The molecule has 0 aliphatic rings. The smallest absolute Gasteiger partial charge is 0.361 e. The van der Waals surface area contributed by atoms with Crippen LogP contribution in [0.4, 0.5) is 0 Å². The Kier molecular flexibility index (Phi) is 6.72. The molecule has 24 heavy (non-hydrogen) atoms. The fourth-order valence-electron chi connectivity index (χ4n) is 2.15. The number of aromatic nitrogens is 3. The summed E-state index contributed by atoms with van der Waals surface area (Å²) >= 11 is 6.05. The Morgan fingerprint density at radius 1 is 1.21 bits per heavy atom. The van der Waals surface area contributed by atoms with Crippen molar-refractivity contribution in [2.45, 2.75) is 27.1 Å². The van der Waals surface area contributed by atoms with Gasteiger partial charge in [0.25, 0.3) is 0 Å². The van der Waals surface area contributed by atoms with Crippen LogP contribution in [0.1, 0.15) is 43.2 Å². The molecule has 0 atom stereocenters. The third kappa shape index (κ3) is 4.11. The lowest BCUT2D eigenvalue weighted by Gasteiger charge is -2.18. The van der Waals surface area contributed by atoms with Gasteiger partial charge < -0.3 is 14.2 Å². The van der Waals surface area contributed by atoms with Crippen LogP contribution in [0.15, 0.2) is 24.3 Å². The normalized spacial score (nSPS) is 11.0. The molecule has 0 aliphatic heterocycles. The molecule has 0 bridgehead atoms. The number of hydrogen-bond acceptors (Lipinski definition) is 6. The van der Waals surface area contributed by atoms with E-state index in [1.165, 1.54) is 4.68 Å². The fraction of sp³-hybridized carbons (Fsp3) is 0.438. The van der Waals surface area contributed by atoms with E-state index in [2.05, 4.69) is 10.3 Å². The molecule has 0 amide bonds. The maximum Gasteiger partial charge on any atom is 0.361 e. The second-order valence-electron chi connectivity index (χ2n) is 4.68. The molecule has 0 saturated heterocycles. The van der Waals surface area contributed by atoms with Gasteiger partial charge in [0, 0.05) is 18.2 Å². The molecular weight excluding hydrogens is 334 g/mol. The van der Waals surface area contributed by atoms with E-state index in [1.807, 2.05) is 13.8 Å². The van der Waals surface area contributed by atoms with Gasteiger partial charge in [0.1, 0.15) is 5.69 Å². The second-order valence-corrected chi connectivity index (χ2v) is 5.11. The van der Waals surface area contributed by atoms with Crippen molar-refractivity contribution in [3.8, 4) is 5.69 Å². The van der Waals surface area contributed by atoms with E-state index in [9.17, 15) is 4.79 Å². The molecule has 1 heterocycles. The number of hydrogen-bond donors (Lipinski definition) is 0. The van der Waals surface area contributed by atoms with Crippen LogP contribution in [0.3, 0.4) is 0 Å². The van der Waals surface area contributed by atoms with Crippen molar-refractivity contribution in [2.24, 2.45) is 0 Å². The average molecular weight is 354 g/mol. The van der Waals surface area contributed by atoms with Crippen LogP contribution >= 0.6 is 11.6 Å². The largest absolute Gasteiger partial charge is 0.461 e. The van der Waals surface area contributed by atoms with Crippen molar-refractivity contribution in [1.82, 2.24) is 15.0 Å². The van der Waals surface area contributed by atoms with E-state index in [4.69, 9.17) is 25.8 Å². The summed E-state index contributed by atoms with van der Waals surface area (Å²) in [5, 5.41) is 8.56. The van der Waals surface area contributed by atoms with Crippen molar-refractivity contribution >= 4 is 17.6 Å². The lowest BCUT2D eigenvalue weighted by molar-refractivity contribution is -0.144. The summed E-state index contributed by atoms with van der Waals surface area (Å²) in [6, 6.07) is 7.04. The van der Waals surface area contributed by atoms with Crippen molar-refractivity contribution in [1.29, 1.82) is 0 Å². The summed E-state index contributed by atoms with van der Waals surface area (Å²) in [6.07, 6.45) is -0.798. The number of carbonyl (C=O) groups excluding carboxylic acids is 1. The van der Waals surface area contributed by atoms with Crippen LogP contribution in [0.2, 0.25) is 5.02 Å². The first-order chi connectivity index (χ1) is 11.6. The van der Waals surface area contributed by atoms with Crippen LogP contribution < -0.4 is 0 Å². The molecule has 130 valence electrons. The van der Waals surface area contributed by atoms with Crippen LogP contribution in [0, 0.1) is 0 Å². The Labute approximate surface area is 145 Å². The summed E-state index contributed by atoms with van der Waals surface area (Å²) in [7, 11) is 0.